The number of hydrogen-bond acceptors (Lipinski definition) is 5. The number of rotatable bonds is 8. The van der Waals surface area contributed by atoms with E-state index in [2.05, 4.69) is 48.4 Å². The highest BCUT2D eigenvalue weighted by Crippen LogP contribution is 2.27. The number of nitrogens with one attached hydrogen (secondary N) is 1. The van der Waals surface area contributed by atoms with Gasteiger partial charge < -0.3 is 10.1 Å². The van der Waals surface area contributed by atoms with Gasteiger partial charge in [-0.1, -0.05) is 80.6 Å². The molecule has 3 aromatic carbocycles. The van der Waals surface area contributed by atoms with Crippen LogP contribution in [-0.4, -0.2) is 26.4 Å². The minimum atomic E-state index is -0.0973. The maximum Gasteiger partial charge on any atom is 0.234 e. The van der Waals surface area contributed by atoms with Crippen molar-refractivity contribution < 1.29 is 9.53 Å². The van der Waals surface area contributed by atoms with Crippen LogP contribution in [-0.2, 0) is 16.8 Å². The number of benzene rings is 3. The van der Waals surface area contributed by atoms with E-state index in [9.17, 15) is 4.79 Å². The summed E-state index contributed by atoms with van der Waals surface area (Å²) in [5.74, 6) is 1.56. The van der Waals surface area contributed by atoms with Crippen LogP contribution in [0.4, 0.5) is 5.69 Å². The highest BCUT2D eigenvalue weighted by molar-refractivity contribution is 7.99. The van der Waals surface area contributed by atoms with Crippen molar-refractivity contribution in [2.24, 2.45) is 0 Å². The summed E-state index contributed by atoms with van der Waals surface area (Å²) in [6.45, 7) is 10.9. The Morgan fingerprint density at radius 3 is 2.31 bits per heavy atom. The van der Waals surface area contributed by atoms with Crippen molar-refractivity contribution in [1.82, 2.24) is 14.8 Å². The second-order valence-electron chi connectivity index (χ2n) is 9.79. The van der Waals surface area contributed by atoms with Crippen molar-refractivity contribution in [2.75, 3.05) is 11.1 Å². The second kappa shape index (κ2) is 11.0. The van der Waals surface area contributed by atoms with E-state index in [1.807, 2.05) is 79.1 Å². The van der Waals surface area contributed by atoms with Crippen LogP contribution < -0.4 is 10.1 Å². The molecule has 186 valence electrons. The fourth-order valence-electron chi connectivity index (χ4n) is 3.71. The first-order valence-electron chi connectivity index (χ1n) is 11.9. The summed E-state index contributed by atoms with van der Waals surface area (Å²) in [7, 11) is 0. The van der Waals surface area contributed by atoms with E-state index < -0.39 is 0 Å². The summed E-state index contributed by atoms with van der Waals surface area (Å²) < 4.78 is 8.05. The summed E-state index contributed by atoms with van der Waals surface area (Å²) in [5.41, 5.74) is 5.30. The highest BCUT2D eigenvalue weighted by Gasteiger charge is 2.18. The average molecular weight is 501 g/mol. The molecular weight excluding hydrogens is 468 g/mol. The van der Waals surface area contributed by atoms with E-state index >= 15 is 0 Å². The van der Waals surface area contributed by atoms with Crippen LogP contribution in [0.1, 0.15) is 43.3 Å². The summed E-state index contributed by atoms with van der Waals surface area (Å²) in [6.07, 6.45) is 0. The van der Waals surface area contributed by atoms with Gasteiger partial charge in [-0.3, -0.25) is 9.36 Å². The molecule has 0 aliphatic carbocycles. The normalized spacial score (nSPS) is 11.4. The van der Waals surface area contributed by atoms with E-state index in [1.165, 1.54) is 17.3 Å². The Labute approximate surface area is 217 Å². The molecule has 1 aromatic heterocycles. The first kappa shape index (κ1) is 25.5. The van der Waals surface area contributed by atoms with Crippen LogP contribution >= 0.6 is 11.8 Å². The summed E-state index contributed by atoms with van der Waals surface area (Å²) in [5, 5.41) is 12.4. The fraction of sp³-hybridized carbons (Fsp3) is 0.276. The number of thioether (sulfide) groups is 1. The van der Waals surface area contributed by atoms with Crippen molar-refractivity contribution in [2.45, 2.75) is 51.8 Å². The van der Waals surface area contributed by atoms with Gasteiger partial charge in [0.1, 0.15) is 12.4 Å². The number of amides is 1. The van der Waals surface area contributed by atoms with Crippen molar-refractivity contribution in [3.05, 3.63) is 95.3 Å². The molecule has 4 aromatic rings. The number of aromatic nitrogens is 3. The lowest BCUT2D eigenvalue weighted by Crippen LogP contribution is -2.15. The molecule has 0 unspecified atom stereocenters. The smallest absolute Gasteiger partial charge is 0.234 e. The van der Waals surface area contributed by atoms with Crippen LogP contribution in [0.25, 0.3) is 5.69 Å². The van der Waals surface area contributed by atoms with Gasteiger partial charge in [-0.05, 0) is 60.7 Å². The van der Waals surface area contributed by atoms with Gasteiger partial charge in [-0.2, -0.15) is 0 Å². The van der Waals surface area contributed by atoms with Gasteiger partial charge in [0.05, 0.1) is 11.4 Å². The van der Waals surface area contributed by atoms with Gasteiger partial charge in [0.2, 0.25) is 5.91 Å². The number of ether oxygens (including phenoxy) is 1. The van der Waals surface area contributed by atoms with Crippen molar-refractivity contribution in [1.29, 1.82) is 0 Å². The van der Waals surface area contributed by atoms with E-state index in [4.69, 9.17) is 4.74 Å². The predicted octanol–water partition coefficient (Wildman–Crippen LogP) is 6.49. The third kappa shape index (κ3) is 6.34. The average Bonchev–Trinajstić information content (AvgIpc) is 3.25. The minimum Gasteiger partial charge on any atom is -0.486 e. The quantitative estimate of drug-likeness (QED) is 0.280. The van der Waals surface area contributed by atoms with E-state index in [-0.39, 0.29) is 23.7 Å². The summed E-state index contributed by atoms with van der Waals surface area (Å²) in [6, 6.07) is 24.0. The number of anilines is 1. The first-order valence-corrected chi connectivity index (χ1v) is 12.9. The van der Waals surface area contributed by atoms with Gasteiger partial charge >= 0.3 is 0 Å². The highest BCUT2D eigenvalue weighted by atomic mass is 32.2. The van der Waals surface area contributed by atoms with Gasteiger partial charge in [-0.25, -0.2) is 0 Å². The molecule has 4 rings (SSSR count). The van der Waals surface area contributed by atoms with Crippen LogP contribution in [0.5, 0.6) is 5.75 Å². The molecular formula is C29H32N4O2S. The monoisotopic (exact) mass is 500 g/mol. The molecule has 7 heteroatoms. The molecule has 36 heavy (non-hydrogen) atoms. The van der Waals surface area contributed by atoms with Crippen LogP contribution in [0.2, 0.25) is 0 Å². The zero-order valence-electron chi connectivity index (χ0n) is 21.4. The van der Waals surface area contributed by atoms with Crippen LogP contribution in [0, 0.1) is 13.8 Å². The number of hydrogen-bond donors (Lipinski definition) is 1. The third-order valence-corrected chi connectivity index (χ3v) is 6.74. The molecule has 6 nitrogen and oxygen atoms in total. The topological polar surface area (TPSA) is 69.0 Å². The van der Waals surface area contributed by atoms with Crippen molar-refractivity contribution >= 4 is 23.4 Å². The van der Waals surface area contributed by atoms with E-state index in [0.717, 1.165) is 28.3 Å². The molecule has 0 aliphatic rings. The van der Waals surface area contributed by atoms with Gasteiger partial charge in [0, 0.05) is 5.69 Å². The molecule has 1 amide bonds. The SMILES string of the molecule is Cc1ccc(NC(=O)CSc2nnc(COc3ccc(C(C)(C)C)cc3)n2-c2ccccc2C)cc1. The fourth-order valence-corrected chi connectivity index (χ4v) is 4.47. The summed E-state index contributed by atoms with van der Waals surface area (Å²) >= 11 is 1.35. The van der Waals surface area contributed by atoms with Gasteiger partial charge in [0.25, 0.3) is 0 Å². The third-order valence-electron chi connectivity index (χ3n) is 5.81. The van der Waals surface area contributed by atoms with E-state index in [0.29, 0.717) is 11.0 Å². The standard InChI is InChI=1S/C29H32N4O2S/c1-20-10-14-23(15-11-20)30-27(34)19-36-28-32-31-26(33(28)25-9-7-6-8-21(25)2)18-35-24-16-12-22(13-17-24)29(3,4)5/h6-17H,18-19H2,1-5H3,(H,30,34). The molecule has 0 bridgehead atoms. The molecule has 0 radical (unpaired) electrons. The Hall–Kier alpha value is -3.58. The van der Waals surface area contributed by atoms with E-state index in [1.54, 1.807) is 0 Å². The minimum absolute atomic E-state index is 0.0847. The van der Waals surface area contributed by atoms with Crippen LogP contribution in [0.3, 0.4) is 0 Å². The molecule has 0 saturated heterocycles. The lowest BCUT2D eigenvalue weighted by atomic mass is 9.87. The maximum atomic E-state index is 12.6. The number of para-hydroxylation sites is 1. The zero-order chi connectivity index (χ0) is 25.7. The number of carbonyl (C=O) groups excluding carboxylic acids is 1. The zero-order valence-corrected chi connectivity index (χ0v) is 22.2. The Balaban J connectivity index is 1.50. The molecule has 0 atom stereocenters. The molecule has 0 saturated carbocycles. The van der Waals surface area contributed by atoms with Gasteiger partial charge in [-0.15, -0.1) is 10.2 Å². The number of nitrogens with zero attached hydrogens (tertiary/aromatic N) is 3. The Kier molecular flexibility index (Phi) is 7.79. The molecule has 0 aliphatic heterocycles. The predicted molar refractivity (Wildman–Crippen MR) is 146 cm³/mol. The maximum absolute atomic E-state index is 12.6. The Morgan fingerprint density at radius 1 is 0.944 bits per heavy atom. The molecule has 0 spiro atoms. The first-order chi connectivity index (χ1) is 17.2. The Bertz CT molecular complexity index is 1320. The van der Waals surface area contributed by atoms with Crippen molar-refractivity contribution in [3.8, 4) is 11.4 Å². The molecule has 0 fully saturated rings. The lowest BCUT2D eigenvalue weighted by Gasteiger charge is -2.19. The van der Waals surface area contributed by atoms with Gasteiger partial charge in [0.15, 0.2) is 11.0 Å². The molecule has 1 heterocycles. The number of aryl methyl sites for hydroxylation is 2. The van der Waals surface area contributed by atoms with Crippen molar-refractivity contribution in [3.63, 3.8) is 0 Å². The Morgan fingerprint density at radius 2 is 1.64 bits per heavy atom. The second-order valence-corrected chi connectivity index (χ2v) is 10.7. The largest absolute Gasteiger partial charge is 0.486 e. The van der Waals surface area contributed by atoms with Crippen LogP contribution in [0.15, 0.2) is 78.0 Å². The molecule has 1 N–H and O–H groups in total. The number of carbonyl (C=O) groups is 1. The lowest BCUT2D eigenvalue weighted by molar-refractivity contribution is -0.113. The summed E-state index contributed by atoms with van der Waals surface area (Å²) in [4.78, 5) is 12.6.